The van der Waals surface area contributed by atoms with Gasteiger partial charge in [0.2, 0.25) is 0 Å². The molecule has 0 amide bonds. The van der Waals surface area contributed by atoms with Crippen LogP contribution in [-0.2, 0) is 19.3 Å². The van der Waals surface area contributed by atoms with E-state index in [-0.39, 0.29) is 0 Å². The molecule has 0 radical (unpaired) electrons. The molecule has 7 nitrogen and oxygen atoms in total. The predicted octanol–water partition coefficient (Wildman–Crippen LogP) is 3.45. The Labute approximate surface area is 216 Å². The maximum absolute atomic E-state index is 6.34. The first-order chi connectivity index (χ1) is 17.6. The highest BCUT2D eigenvalue weighted by atomic mass is 16.5. The summed E-state index contributed by atoms with van der Waals surface area (Å²) in [6, 6.07) is 11.3. The van der Waals surface area contributed by atoms with Gasteiger partial charge in [-0.05, 0) is 77.6 Å². The molecule has 0 bridgehead atoms. The minimum atomic E-state index is 0.403. The Morgan fingerprint density at radius 3 is 2.78 bits per heavy atom. The van der Waals surface area contributed by atoms with Crippen LogP contribution in [0.2, 0.25) is 0 Å². The molecule has 1 aromatic heterocycles. The maximum Gasteiger partial charge on any atom is 0.318 e. The minimum absolute atomic E-state index is 0.403. The van der Waals surface area contributed by atoms with Gasteiger partial charge >= 0.3 is 6.01 Å². The van der Waals surface area contributed by atoms with E-state index in [0.717, 1.165) is 51.3 Å². The van der Waals surface area contributed by atoms with E-state index < -0.39 is 0 Å². The maximum atomic E-state index is 6.34. The van der Waals surface area contributed by atoms with Crippen molar-refractivity contribution in [1.82, 2.24) is 20.2 Å². The van der Waals surface area contributed by atoms with E-state index in [0.29, 0.717) is 36.8 Å². The Bertz CT molecular complexity index is 1080. The normalized spacial score (nSPS) is 28.6. The number of fused-ring (bicyclic) bond motifs is 2. The highest BCUT2D eigenvalue weighted by molar-refractivity contribution is 5.58. The molecule has 2 saturated heterocycles. The third kappa shape index (κ3) is 4.68. The van der Waals surface area contributed by atoms with Gasteiger partial charge in [0.1, 0.15) is 12.4 Å². The lowest BCUT2D eigenvalue weighted by Gasteiger charge is -2.42. The first-order valence-electron chi connectivity index (χ1n) is 14.1. The second-order valence-electron chi connectivity index (χ2n) is 11.5. The summed E-state index contributed by atoms with van der Waals surface area (Å²) in [6.45, 7) is 9.49. The zero-order valence-corrected chi connectivity index (χ0v) is 22.2. The standard InChI is InChI=1S/C29H42N6O/c1-20-18-35(21(2)17-30-20)28-25-13-12-23(34-15-6-9-22-8-4-5-11-27(22)34)16-26(25)31-29(32-28)36-19-24-10-7-14-33(24)3/h4-5,8,11,20-21,23-24,30H,6-7,9-10,12-19H2,1-3H3/t20-,21+,23?,24+/m1/s1. The van der Waals surface area contributed by atoms with Gasteiger partial charge in [-0.15, -0.1) is 0 Å². The summed E-state index contributed by atoms with van der Waals surface area (Å²) in [7, 11) is 2.20. The lowest BCUT2D eigenvalue weighted by molar-refractivity contribution is 0.187. The minimum Gasteiger partial charge on any atom is -0.462 e. The number of piperazine rings is 1. The van der Waals surface area contributed by atoms with Crippen LogP contribution >= 0.6 is 0 Å². The van der Waals surface area contributed by atoms with Gasteiger partial charge in [-0.1, -0.05) is 18.2 Å². The average Bonchev–Trinajstić information content (AvgIpc) is 3.32. The van der Waals surface area contributed by atoms with Crippen molar-refractivity contribution in [1.29, 1.82) is 0 Å². The quantitative estimate of drug-likeness (QED) is 0.689. The van der Waals surface area contributed by atoms with Crippen molar-refractivity contribution in [3.63, 3.8) is 0 Å². The Morgan fingerprint density at radius 2 is 1.92 bits per heavy atom. The molecule has 0 spiro atoms. The van der Waals surface area contributed by atoms with E-state index in [1.807, 2.05) is 0 Å². The fourth-order valence-electron chi connectivity index (χ4n) is 6.74. The van der Waals surface area contributed by atoms with E-state index in [9.17, 15) is 0 Å². The Balaban J connectivity index is 1.30. The number of likely N-dealkylation sites (tertiary alicyclic amines) is 1. The van der Waals surface area contributed by atoms with Crippen molar-refractivity contribution in [3.8, 4) is 6.01 Å². The lowest BCUT2D eigenvalue weighted by Crippen LogP contribution is -2.55. The number of aromatic nitrogens is 2. The summed E-state index contributed by atoms with van der Waals surface area (Å²) < 4.78 is 6.34. The topological polar surface area (TPSA) is 56.8 Å². The number of hydrogen-bond acceptors (Lipinski definition) is 7. The van der Waals surface area contributed by atoms with Crippen LogP contribution in [0, 0.1) is 0 Å². The molecule has 4 heterocycles. The molecule has 1 aliphatic carbocycles. The van der Waals surface area contributed by atoms with E-state index >= 15 is 0 Å². The van der Waals surface area contributed by atoms with Crippen LogP contribution in [-0.4, -0.2) is 78.9 Å². The van der Waals surface area contributed by atoms with Gasteiger partial charge in [-0.3, -0.25) is 0 Å². The number of likely N-dealkylation sites (N-methyl/N-ethyl adjacent to an activating group) is 1. The van der Waals surface area contributed by atoms with Crippen LogP contribution in [0.15, 0.2) is 24.3 Å². The first-order valence-corrected chi connectivity index (χ1v) is 14.1. The average molecular weight is 491 g/mol. The van der Waals surface area contributed by atoms with Gasteiger partial charge in [0.05, 0.1) is 5.69 Å². The van der Waals surface area contributed by atoms with Crippen molar-refractivity contribution in [2.45, 2.75) is 83.0 Å². The summed E-state index contributed by atoms with van der Waals surface area (Å²) in [4.78, 5) is 17.7. The molecule has 1 aromatic carbocycles. The SMILES string of the molecule is C[C@@H]1CN(c2nc(OC[C@@H]3CCCN3C)nc3c2CCC(N2CCCc4ccccc42)C3)[C@@H](C)CN1. The molecule has 2 aromatic rings. The third-order valence-corrected chi connectivity index (χ3v) is 8.91. The molecule has 0 saturated carbocycles. The number of hydrogen-bond donors (Lipinski definition) is 1. The van der Waals surface area contributed by atoms with Crippen molar-refractivity contribution in [3.05, 3.63) is 41.1 Å². The first kappa shape index (κ1) is 24.0. The molecule has 194 valence electrons. The molecule has 4 aliphatic rings. The molecular weight excluding hydrogens is 448 g/mol. The van der Waals surface area contributed by atoms with Crippen molar-refractivity contribution in [2.75, 3.05) is 49.6 Å². The highest BCUT2D eigenvalue weighted by Gasteiger charge is 2.34. The predicted molar refractivity (Wildman–Crippen MR) is 145 cm³/mol. The Kier molecular flexibility index (Phi) is 6.78. The zero-order valence-electron chi connectivity index (χ0n) is 22.2. The van der Waals surface area contributed by atoms with Crippen molar-refractivity contribution >= 4 is 11.5 Å². The Hall–Kier alpha value is -2.38. The second kappa shape index (κ2) is 10.2. The van der Waals surface area contributed by atoms with Crippen LogP contribution in [0.4, 0.5) is 11.5 Å². The van der Waals surface area contributed by atoms with E-state index in [4.69, 9.17) is 14.7 Å². The second-order valence-corrected chi connectivity index (χ2v) is 11.5. The number of anilines is 2. The summed E-state index contributed by atoms with van der Waals surface area (Å²) >= 11 is 0. The van der Waals surface area contributed by atoms with E-state index in [2.05, 4.69) is 65.2 Å². The summed E-state index contributed by atoms with van der Waals surface area (Å²) in [5.74, 6) is 1.12. The van der Waals surface area contributed by atoms with Crippen LogP contribution in [0.5, 0.6) is 6.01 Å². The molecule has 7 heteroatoms. The summed E-state index contributed by atoms with van der Waals surface area (Å²) in [6.07, 6.45) is 8.01. The summed E-state index contributed by atoms with van der Waals surface area (Å²) in [5.41, 5.74) is 5.47. The van der Waals surface area contributed by atoms with Gasteiger partial charge in [0.15, 0.2) is 0 Å². The van der Waals surface area contributed by atoms with E-state index in [1.54, 1.807) is 0 Å². The molecule has 2 fully saturated rings. The van der Waals surface area contributed by atoms with Crippen LogP contribution in [0.25, 0.3) is 0 Å². The molecule has 1 N–H and O–H groups in total. The fraction of sp³-hybridized carbons (Fsp3) is 0.655. The van der Waals surface area contributed by atoms with Crippen LogP contribution in [0.3, 0.4) is 0 Å². The molecule has 3 aliphatic heterocycles. The number of nitrogens with zero attached hydrogens (tertiary/aromatic N) is 5. The van der Waals surface area contributed by atoms with Crippen molar-refractivity contribution < 1.29 is 4.74 Å². The third-order valence-electron chi connectivity index (χ3n) is 8.91. The number of ether oxygens (including phenoxy) is 1. The number of benzene rings is 1. The molecule has 1 unspecified atom stereocenters. The molecule has 36 heavy (non-hydrogen) atoms. The fourth-order valence-corrected chi connectivity index (χ4v) is 6.74. The van der Waals surface area contributed by atoms with Crippen molar-refractivity contribution in [2.24, 2.45) is 0 Å². The Morgan fingerprint density at radius 1 is 1.03 bits per heavy atom. The number of aryl methyl sites for hydroxylation is 1. The van der Waals surface area contributed by atoms with Gasteiger partial charge in [0, 0.05) is 61.5 Å². The molecular formula is C29H42N6O. The highest BCUT2D eigenvalue weighted by Crippen LogP contribution is 2.37. The van der Waals surface area contributed by atoms with Gasteiger partial charge in [0.25, 0.3) is 0 Å². The van der Waals surface area contributed by atoms with Gasteiger partial charge in [-0.25, -0.2) is 0 Å². The number of rotatable bonds is 5. The summed E-state index contributed by atoms with van der Waals surface area (Å²) in [5, 5.41) is 3.62. The van der Waals surface area contributed by atoms with Gasteiger partial charge < -0.3 is 24.8 Å². The van der Waals surface area contributed by atoms with Crippen LogP contribution in [0.1, 0.15) is 56.4 Å². The number of para-hydroxylation sites is 1. The van der Waals surface area contributed by atoms with Crippen LogP contribution < -0.4 is 19.9 Å². The van der Waals surface area contributed by atoms with Gasteiger partial charge in [-0.2, -0.15) is 9.97 Å². The monoisotopic (exact) mass is 490 g/mol. The smallest absolute Gasteiger partial charge is 0.318 e. The lowest BCUT2D eigenvalue weighted by atomic mass is 9.88. The number of nitrogens with one attached hydrogen (secondary N) is 1. The molecule has 4 atom stereocenters. The largest absolute Gasteiger partial charge is 0.462 e. The molecule has 6 rings (SSSR count). The zero-order chi connectivity index (χ0) is 24.6. The van der Waals surface area contributed by atoms with E-state index in [1.165, 1.54) is 48.2 Å².